The first kappa shape index (κ1) is 20.5. The lowest BCUT2D eigenvalue weighted by Gasteiger charge is -2.20. The van der Waals surface area contributed by atoms with E-state index in [0.717, 1.165) is 23.8 Å². The minimum Gasteiger partial charge on any atom is -0.350 e. The van der Waals surface area contributed by atoms with Crippen molar-refractivity contribution in [3.63, 3.8) is 0 Å². The van der Waals surface area contributed by atoms with Crippen LogP contribution in [0.3, 0.4) is 0 Å². The fraction of sp³-hybridized carbons (Fsp3) is 0.227. The van der Waals surface area contributed by atoms with Crippen LogP contribution in [-0.2, 0) is 17.8 Å². The third-order valence-corrected chi connectivity index (χ3v) is 4.98. The van der Waals surface area contributed by atoms with Gasteiger partial charge in [0.05, 0.1) is 17.8 Å². The zero-order valence-corrected chi connectivity index (χ0v) is 16.5. The molecule has 158 valence electrons. The van der Waals surface area contributed by atoms with Crippen molar-refractivity contribution in [2.24, 2.45) is 0 Å². The quantitative estimate of drug-likeness (QED) is 0.681. The van der Waals surface area contributed by atoms with Crippen LogP contribution >= 0.6 is 0 Å². The highest BCUT2D eigenvalue weighted by Crippen LogP contribution is 2.20. The Hall–Kier alpha value is -3.75. The van der Waals surface area contributed by atoms with E-state index in [9.17, 15) is 18.4 Å². The van der Waals surface area contributed by atoms with Gasteiger partial charge in [-0.1, -0.05) is 0 Å². The lowest BCUT2D eigenvalue weighted by Crippen LogP contribution is -2.40. The van der Waals surface area contributed by atoms with Crippen molar-refractivity contribution >= 4 is 11.8 Å². The normalized spacial score (nSPS) is 13.5. The summed E-state index contributed by atoms with van der Waals surface area (Å²) in [4.78, 5) is 39.5. The molecule has 0 fully saturated rings. The maximum Gasteiger partial charge on any atom is 0.257 e. The number of carbonyl (C=O) groups excluding carboxylic acids is 2. The van der Waals surface area contributed by atoms with Crippen molar-refractivity contribution in [1.82, 2.24) is 25.2 Å². The predicted octanol–water partition coefficient (Wildman–Crippen LogP) is 2.52. The molecule has 3 aromatic rings. The van der Waals surface area contributed by atoms with E-state index in [0.29, 0.717) is 36.5 Å². The number of halogens is 2. The lowest BCUT2D eigenvalue weighted by molar-refractivity contribution is -0.122. The van der Waals surface area contributed by atoms with Crippen molar-refractivity contribution in [3.8, 4) is 11.4 Å². The van der Waals surface area contributed by atoms with E-state index in [2.05, 4.69) is 20.3 Å². The van der Waals surface area contributed by atoms with Gasteiger partial charge >= 0.3 is 0 Å². The van der Waals surface area contributed by atoms with Gasteiger partial charge in [0, 0.05) is 42.8 Å². The van der Waals surface area contributed by atoms with Gasteiger partial charge in [-0.25, -0.2) is 18.7 Å². The van der Waals surface area contributed by atoms with E-state index in [1.807, 2.05) is 0 Å². The molecule has 0 radical (unpaired) electrons. The van der Waals surface area contributed by atoms with Gasteiger partial charge in [0.15, 0.2) is 5.82 Å². The monoisotopic (exact) mass is 423 g/mol. The summed E-state index contributed by atoms with van der Waals surface area (Å²) in [5.74, 6) is -1.48. The van der Waals surface area contributed by atoms with Crippen LogP contribution in [0.4, 0.5) is 8.78 Å². The molecule has 1 aliphatic rings. The SMILES string of the molecule is O=C(CN1CCCc2nc(-c3ccncc3)ncc2C1=O)NCc1cc(F)ccc1F. The second-order valence-electron chi connectivity index (χ2n) is 7.13. The molecule has 0 saturated carbocycles. The largest absolute Gasteiger partial charge is 0.350 e. The van der Waals surface area contributed by atoms with Gasteiger partial charge in [-0.3, -0.25) is 14.6 Å². The highest BCUT2D eigenvalue weighted by atomic mass is 19.1. The molecular formula is C22H19F2N5O2. The summed E-state index contributed by atoms with van der Waals surface area (Å²) in [5.41, 5.74) is 1.84. The van der Waals surface area contributed by atoms with E-state index < -0.39 is 17.5 Å². The first-order valence-corrected chi connectivity index (χ1v) is 9.77. The van der Waals surface area contributed by atoms with Gasteiger partial charge < -0.3 is 10.2 Å². The Balaban J connectivity index is 1.44. The van der Waals surface area contributed by atoms with Gasteiger partial charge in [0.2, 0.25) is 5.91 Å². The molecule has 9 heteroatoms. The number of aromatic nitrogens is 3. The Bertz CT molecular complexity index is 1120. The predicted molar refractivity (Wildman–Crippen MR) is 108 cm³/mol. The highest BCUT2D eigenvalue weighted by Gasteiger charge is 2.26. The molecule has 7 nitrogen and oxygen atoms in total. The van der Waals surface area contributed by atoms with Crippen molar-refractivity contribution in [1.29, 1.82) is 0 Å². The standard InChI is InChI=1S/C22H19F2N5O2/c23-16-3-4-18(24)15(10-16)11-26-20(30)13-29-9-1-2-19-17(22(29)31)12-27-21(28-19)14-5-7-25-8-6-14/h3-8,10,12H,1-2,9,11,13H2,(H,26,30). The maximum atomic E-state index is 13.7. The van der Waals surface area contributed by atoms with Crippen LogP contribution in [0.1, 0.15) is 28.0 Å². The number of aryl methyl sites for hydroxylation is 1. The molecule has 3 heterocycles. The van der Waals surface area contributed by atoms with Crippen LogP contribution in [0.5, 0.6) is 0 Å². The summed E-state index contributed by atoms with van der Waals surface area (Å²) in [7, 11) is 0. The zero-order valence-electron chi connectivity index (χ0n) is 16.5. The molecule has 0 unspecified atom stereocenters. The Kier molecular flexibility index (Phi) is 5.92. The van der Waals surface area contributed by atoms with Crippen molar-refractivity contribution in [2.45, 2.75) is 19.4 Å². The molecule has 2 aromatic heterocycles. The Labute approximate surface area is 177 Å². The number of hydrogen-bond acceptors (Lipinski definition) is 5. The van der Waals surface area contributed by atoms with E-state index >= 15 is 0 Å². The molecule has 0 spiro atoms. The second kappa shape index (κ2) is 8.95. The highest BCUT2D eigenvalue weighted by molar-refractivity contribution is 5.97. The number of benzene rings is 1. The summed E-state index contributed by atoms with van der Waals surface area (Å²) in [6, 6.07) is 6.62. The minimum atomic E-state index is -0.608. The van der Waals surface area contributed by atoms with Crippen LogP contribution in [-0.4, -0.2) is 44.8 Å². The number of nitrogens with one attached hydrogen (secondary N) is 1. The molecule has 0 saturated heterocycles. The van der Waals surface area contributed by atoms with Crippen LogP contribution in [0.2, 0.25) is 0 Å². The number of rotatable bonds is 5. The Morgan fingerprint density at radius 2 is 1.97 bits per heavy atom. The lowest BCUT2D eigenvalue weighted by atomic mass is 10.1. The summed E-state index contributed by atoms with van der Waals surface area (Å²) in [5, 5.41) is 2.53. The summed E-state index contributed by atoms with van der Waals surface area (Å²) < 4.78 is 27.0. The molecular weight excluding hydrogens is 404 g/mol. The molecule has 0 bridgehead atoms. The number of fused-ring (bicyclic) bond motifs is 1. The Morgan fingerprint density at radius 1 is 1.16 bits per heavy atom. The molecule has 31 heavy (non-hydrogen) atoms. The number of hydrogen-bond donors (Lipinski definition) is 1. The second-order valence-corrected chi connectivity index (χ2v) is 7.13. The van der Waals surface area contributed by atoms with E-state index in [1.54, 1.807) is 24.5 Å². The first-order chi connectivity index (χ1) is 15.0. The van der Waals surface area contributed by atoms with Gasteiger partial charge in [-0.2, -0.15) is 0 Å². The summed E-state index contributed by atoms with van der Waals surface area (Å²) in [6.07, 6.45) is 5.99. The number of nitrogens with zero attached hydrogens (tertiary/aromatic N) is 4. The number of carbonyl (C=O) groups is 2. The smallest absolute Gasteiger partial charge is 0.257 e. The van der Waals surface area contributed by atoms with Crippen LogP contribution < -0.4 is 5.32 Å². The van der Waals surface area contributed by atoms with Crippen LogP contribution in [0.15, 0.2) is 48.9 Å². The van der Waals surface area contributed by atoms with Crippen molar-refractivity contribution in [2.75, 3.05) is 13.1 Å². The molecule has 2 amide bonds. The first-order valence-electron chi connectivity index (χ1n) is 9.77. The molecule has 4 rings (SSSR count). The summed E-state index contributed by atoms with van der Waals surface area (Å²) in [6.45, 7) is 0.0162. The molecule has 0 atom stereocenters. The minimum absolute atomic E-state index is 0.0397. The average Bonchev–Trinajstić information content (AvgIpc) is 2.93. The number of amides is 2. The fourth-order valence-corrected chi connectivity index (χ4v) is 3.39. The van der Waals surface area contributed by atoms with Gasteiger partial charge in [-0.15, -0.1) is 0 Å². The Morgan fingerprint density at radius 3 is 2.77 bits per heavy atom. The third-order valence-electron chi connectivity index (χ3n) is 4.98. The molecule has 1 aromatic carbocycles. The van der Waals surface area contributed by atoms with E-state index in [-0.39, 0.29) is 24.6 Å². The van der Waals surface area contributed by atoms with Gasteiger partial charge in [-0.05, 0) is 43.2 Å². The summed E-state index contributed by atoms with van der Waals surface area (Å²) >= 11 is 0. The average molecular weight is 423 g/mol. The molecule has 1 N–H and O–H groups in total. The van der Waals surface area contributed by atoms with Gasteiger partial charge in [0.1, 0.15) is 11.6 Å². The van der Waals surface area contributed by atoms with Crippen LogP contribution in [0, 0.1) is 11.6 Å². The number of pyridine rings is 1. The van der Waals surface area contributed by atoms with E-state index in [4.69, 9.17) is 0 Å². The maximum absolute atomic E-state index is 13.7. The topological polar surface area (TPSA) is 88.1 Å². The third kappa shape index (κ3) is 4.71. The molecule has 1 aliphatic heterocycles. The zero-order chi connectivity index (χ0) is 21.8. The van der Waals surface area contributed by atoms with Crippen LogP contribution in [0.25, 0.3) is 11.4 Å². The van der Waals surface area contributed by atoms with E-state index in [1.165, 1.54) is 11.1 Å². The fourth-order valence-electron chi connectivity index (χ4n) is 3.39. The van der Waals surface area contributed by atoms with Crippen molar-refractivity contribution in [3.05, 3.63) is 77.4 Å². The van der Waals surface area contributed by atoms with Gasteiger partial charge in [0.25, 0.3) is 5.91 Å². The van der Waals surface area contributed by atoms with Crippen molar-refractivity contribution < 1.29 is 18.4 Å². The molecule has 0 aliphatic carbocycles.